The van der Waals surface area contributed by atoms with Gasteiger partial charge < -0.3 is 10.4 Å². The number of amides is 1. The third kappa shape index (κ3) is 4.16. The number of benzene rings is 2. The second-order valence-corrected chi connectivity index (χ2v) is 5.41. The van der Waals surface area contributed by atoms with Crippen molar-refractivity contribution in [3.63, 3.8) is 0 Å². The average Bonchev–Trinajstić information content (AvgIpc) is 2.53. The van der Waals surface area contributed by atoms with Crippen molar-refractivity contribution in [2.24, 2.45) is 0 Å². The normalized spacial score (nSPS) is 11.8. The Labute approximate surface area is 133 Å². The standard InChI is InChI=1S/C17H16ClNO3/c1-11-2-4-13(5-3-11)16(21)17(22)19-10-15(20)12-6-8-14(18)9-7-12/h2-9,15,20H,10H2,1H3,(H,19,22). The third-order valence-corrected chi connectivity index (χ3v) is 3.48. The monoisotopic (exact) mass is 317 g/mol. The summed E-state index contributed by atoms with van der Waals surface area (Å²) in [5, 5.41) is 13.0. The van der Waals surface area contributed by atoms with Crippen LogP contribution in [0.5, 0.6) is 0 Å². The van der Waals surface area contributed by atoms with Gasteiger partial charge in [0.2, 0.25) is 5.78 Å². The lowest BCUT2D eigenvalue weighted by molar-refractivity contribution is -0.117. The Hall–Kier alpha value is -2.17. The van der Waals surface area contributed by atoms with Gasteiger partial charge in [-0.2, -0.15) is 0 Å². The number of aliphatic hydroxyl groups excluding tert-OH is 1. The minimum absolute atomic E-state index is 0.0436. The third-order valence-electron chi connectivity index (χ3n) is 3.23. The summed E-state index contributed by atoms with van der Waals surface area (Å²) in [4.78, 5) is 23.8. The molecule has 0 heterocycles. The summed E-state index contributed by atoms with van der Waals surface area (Å²) >= 11 is 5.77. The summed E-state index contributed by atoms with van der Waals surface area (Å²) in [6, 6.07) is 13.4. The van der Waals surface area contributed by atoms with Gasteiger partial charge in [-0.3, -0.25) is 9.59 Å². The largest absolute Gasteiger partial charge is 0.387 e. The van der Waals surface area contributed by atoms with Crippen LogP contribution < -0.4 is 5.32 Å². The lowest BCUT2D eigenvalue weighted by Gasteiger charge is -2.12. The van der Waals surface area contributed by atoms with Crippen molar-refractivity contribution in [2.45, 2.75) is 13.0 Å². The molecule has 5 heteroatoms. The lowest BCUT2D eigenvalue weighted by atomic mass is 10.1. The van der Waals surface area contributed by atoms with Gasteiger partial charge in [-0.05, 0) is 24.6 Å². The molecule has 4 nitrogen and oxygen atoms in total. The van der Waals surface area contributed by atoms with Crippen molar-refractivity contribution < 1.29 is 14.7 Å². The first-order chi connectivity index (χ1) is 10.5. The quantitative estimate of drug-likeness (QED) is 0.658. The Bertz CT molecular complexity index is 665. The van der Waals surface area contributed by atoms with Crippen molar-refractivity contribution >= 4 is 23.3 Å². The maximum absolute atomic E-state index is 11.9. The summed E-state index contributed by atoms with van der Waals surface area (Å²) in [6.07, 6.45) is -0.896. The lowest BCUT2D eigenvalue weighted by Crippen LogP contribution is -2.34. The fourth-order valence-corrected chi connectivity index (χ4v) is 2.03. The molecule has 0 spiro atoms. The van der Waals surface area contributed by atoms with E-state index in [0.717, 1.165) is 5.56 Å². The summed E-state index contributed by atoms with van der Waals surface area (Å²) in [5.74, 6) is -1.36. The van der Waals surface area contributed by atoms with Gasteiger partial charge in [-0.15, -0.1) is 0 Å². The van der Waals surface area contributed by atoms with Crippen LogP contribution in [0.15, 0.2) is 48.5 Å². The number of carbonyl (C=O) groups excluding carboxylic acids is 2. The number of aryl methyl sites for hydroxylation is 1. The highest BCUT2D eigenvalue weighted by molar-refractivity contribution is 6.42. The Balaban J connectivity index is 1.93. The molecule has 2 N–H and O–H groups in total. The number of halogens is 1. The van der Waals surface area contributed by atoms with Crippen molar-refractivity contribution in [1.29, 1.82) is 0 Å². The smallest absolute Gasteiger partial charge is 0.292 e. The van der Waals surface area contributed by atoms with Crippen molar-refractivity contribution in [3.8, 4) is 0 Å². The van der Waals surface area contributed by atoms with Crippen molar-refractivity contribution in [2.75, 3.05) is 6.54 Å². The first kappa shape index (κ1) is 16.2. The maximum atomic E-state index is 11.9. The number of rotatable bonds is 5. The van der Waals surface area contributed by atoms with E-state index in [1.165, 1.54) is 0 Å². The summed E-state index contributed by atoms with van der Waals surface area (Å²) < 4.78 is 0. The molecule has 0 aliphatic rings. The molecule has 1 unspecified atom stereocenters. The number of Topliss-reactive ketones (excluding diaryl/α,β-unsaturated/α-hetero) is 1. The van der Waals surface area contributed by atoms with Gasteiger partial charge >= 0.3 is 0 Å². The number of hydrogen-bond acceptors (Lipinski definition) is 3. The number of nitrogens with one attached hydrogen (secondary N) is 1. The molecule has 22 heavy (non-hydrogen) atoms. The minimum atomic E-state index is -0.896. The predicted octanol–water partition coefficient (Wildman–Crippen LogP) is 2.68. The number of aliphatic hydroxyl groups is 1. The zero-order valence-electron chi connectivity index (χ0n) is 12.0. The first-order valence-electron chi connectivity index (χ1n) is 6.80. The zero-order valence-corrected chi connectivity index (χ0v) is 12.8. The van der Waals surface area contributed by atoms with Crippen LogP contribution in [0.3, 0.4) is 0 Å². The number of ketones is 1. The molecule has 2 rings (SSSR count). The van der Waals surface area contributed by atoms with E-state index >= 15 is 0 Å². The first-order valence-corrected chi connectivity index (χ1v) is 7.18. The molecule has 0 aliphatic carbocycles. The number of carbonyl (C=O) groups is 2. The molecule has 1 amide bonds. The Kier molecular flexibility index (Phi) is 5.31. The Morgan fingerprint density at radius 1 is 1.09 bits per heavy atom. The summed E-state index contributed by atoms with van der Waals surface area (Å²) in [6.45, 7) is 1.86. The molecular weight excluding hydrogens is 302 g/mol. The molecule has 114 valence electrons. The molecule has 2 aromatic carbocycles. The van der Waals surface area contributed by atoms with E-state index in [1.807, 2.05) is 6.92 Å². The topological polar surface area (TPSA) is 66.4 Å². The molecule has 0 saturated carbocycles. The fourth-order valence-electron chi connectivity index (χ4n) is 1.91. The summed E-state index contributed by atoms with van der Waals surface area (Å²) in [7, 11) is 0. The van der Waals surface area contributed by atoms with E-state index in [9.17, 15) is 14.7 Å². The highest BCUT2D eigenvalue weighted by atomic mass is 35.5. The highest BCUT2D eigenvalue weighted by Gasteiger charge is 2.17. The van der Waals surface area contributed by atoms with Crippen LogP contribution in [0.25, 0.3) is 0 Å². The van der Waals surface area contributed by atoms with Crippen LogP contribution in [-0.2, 0) is 4.79 Å². The van der Waals surface area contributed by atoms with E-state index in [0.29, 0.717) is 16.1 Å². The molecule has 0 fully saturated rings. The van der Waals surface area contributed by atoms with Crippen LogP contribution in [0.4, 0.5) is 0 Å². The zero-order chi connectivity index (χ0) is 16.1. The Morgan fingerprint density at radius 3 is 2.27 bits per heavy atom. The molecule has 0 radical (unpaired) electrons. The molecule has 0 aromatic heterocycles. The average molecular weight is 318 g/mol. The van der Waals surface area contributed by atoms with Crippen LogP contribution in [0.2, 0.25) is 5.02 Å². The van der Waals surface area contributed by atoms with Gasteiger partial charge in [0.15, 0.2) is 0 Å². The van der Waals surface area contributed by atoms with Gasteiger partial charge in [-0.25, -0.2) is 0 Å². The molecule has 2 aromatic rings. The van der Waals surface area contributed by atoms with Gasteiger partial charge in [0.05, 0.1) is 6.10 Å². The van der Waals surface area contributed by atoms with Crippen LogP contribution in [0, 0.1) is 6.92 Å². The van der Waals surface area contributed by atoms with E-state index in [2.05, 4.69) is 5.32 Å². The van der Waals surface area contributed by atoms with Gasteiger partial charge in [-0.1, -0.05) is 53.6 Å². The summed E-state index contributed by atoms with van der Waals surface area (Å²) in [5.41, 5.74) is 1.95. The van der Waals surface area contributed by atoms with E-state index in [-0.39, 0.29) is 6.54 Å². The fraction of sp³-hybridized carbons (Fsp3) is 0.176. The highest BCUT2D eigenvalue weighted by Crippen LogP contribution is 2.15. The second-order valence-electron chi connectivity index (χ2n) is 4.97. The van der Waals surface area contributed by atoms with E-state index in [4.69, 9.17) is 11.6 Å². The molecule has 0 aliphatic heterocycles. The van der Waals surface area contributed by atoms with Gasteiger partial charge in [0.25, 0.3) is 5.91 Å². The molecule has 0 saturated heterocycles. The Morgan fingerprint density at radius 2 is 1.68 bits per heavy atom. The van der Waals surface area contributed by atoms with Crippen molar-refractivity contribution in [1.82, 2.24) is 5.32 Å². The van der Waals surface area contributed by atoms with Crippen molar-refractivity contribution in [3.05, 3.63) is 70.2 Å². The predicted molar refractivity (Wildman–Crippen MR) is 84.9 cm³/mol. The van der Waals surface area contributed by atoms with Crippen LogP contribution in [0.1, 0.15) is 27.6 Å². The van der Waals surface area contributed by atoms with Crippen LogP contribution in [-0.4, -0.2) is 23.3 Å². The molecule has 0 bridgehead atoms. The second kappa shape index (κ2) is 7.20. The van der Waals surface area contributed by atoms with Crippen LogP contribution >= 0.6 is 11.6 Å². The van der Waals surface area contributed by atoms with Gasteiger partial charge in [0, 0.05) is 17.1 Å². The van der Waals surface area contributed by atoms with E-state index in [1.54, 1.807) is 48.5 Å². The van der Waals surface area contributed by atoms with Gasteiger partial charge in [0.1, 0.15) is 0 Å². The number of hydrogen-bond donors (Lipinski definition) is 2. The minimum Gasteiger partial charge on any atom is -0.387 e. The SMILES string of the molecule is Cc1ccc(C(=O)C(=O)NCC(O)c2ccc(Cl)cc2)cc1. The molecular formula is C17H16ClNO3. The maximum Gasteiger partial charge on any atom is 0.292 e. The van der Waals surface area contributed by atoms with E-state index < -0.39 is 17.8 Å². The molecule has 1 atom stereocenters.